The van der Waals surface area contributed by atoms with Crippen LogP contribution < -0.4 is 10.6 Å². The highest BCUT2D eigenvalue weighted by Gasteiger charge is 2.19. The number of nitrogens with one attached hydrogen (secondary N) is 2. The molecule has 3 N–H and O–H groups in total. The zero-order valence-electron chi connectivity index (χ0n) is 9.27. The molecular weight excluding hydrogens is 220 g/mol. The predicted octanol–water partition coefficient (Wildman–Crippen LogP) is 0.401. The quantitative estimate of drug-likeness (QED) is 0.693. The standard InChI is InChI=1S/C12H14N2O3/c15-10-4-1-8(2-5-10)12(17)14-9-3-6-11(16)13-7-9/h1-2,4-5,9,15H,3,6-7H2,(H,13,16)(H,14,17). The maximum Gasteiger partial charge on any atom is 0.251 e. The maximum absolute atomic E-state index is 11.8. The molecule has 1 atom stereocenters. The molecule has 1 unspecified atom stereocenters. The van der Waals surface area contributed by atoms with E-state index in [1.807, 2.05) is 0 Å². The molecule has 0 radical (unpaired) electrons. The van der Waals surface area contributed by atoms with Gasteiger partial charge in [-0.1, -0.05) is 0 Å². The summed E-state index contributed by atoms with van der Waals surface area (Å²) in [4.78, 5) is 22.8. The normalized spacial score (nSPS) is 19.5. The third kappa shape index (κ3) is 2.96. The van der Waals surface area contributed by atoms with Crippen molar-refractivity contribution in [1.82, 2.24) is 10.6 Å². The van der Waals surface area contributed by atoms with Gasteiger partial charge in [0, 0.05) is 24.6 Å². The molecule has 0 saturated carbocycles. The molecule has 0 aliphatic carbocycles. The fraction of sp³-hybridized carbons (Fsp3) is 0.333. The molecule has 0 bridgehead atoms. The van der Waals surface area contributed by atoms with Gasteiger partial charge in [0.05, 0.1) is 0 Å². The van der Waals surface area contributed by atoms with Crippen LogP contribution in [0.4, 0.5) is 0 Å². The molecule has 1 fully saturated rings. The van der Waals surface area contributed by atoms with Gasteiger partial charge in [-0.25, -0.2) is 0 Å². The Morgan fingerprint density at radius 3 is 2.65 bits per heavy atom. The minimum Gasteiger partial charge on any atom is -0.508 e. The zero-order chi connectivity index (χ0) is 12.3. The van der Waals surface area contributed by atoms with Crippen LogP contribution in [-0.2, 0) is 4.79 Å². The van der Waals surface area contributed by atoms with E-state index in [1.54, 1.807) is 12.1 Å². The molecular formula is C12H14N2O3. The second-order valence-electron chi connectivity index (χ2n) is 4.06. The van der Waals surface area contributed by atoms with Crippen LogP contribution in [0, 0.1) is 0 Å². The summed E-state index contributed by atoms with van der Waals surface area (Å²) < 4.78 is 0. The Hall–Kier alpha value is -2.04. The number of hydrogen-bond donors (Lipinski definition) is 3. The Kier molecular flexibility index (Phi) is 3.27. The summed E-state index contributed by atoms with van der Waals surface area (Å²) in [6, 6.07) is 6.04. The molecule has 1 heterocycles. The van der Waals surface area contributed by atoms with Crippen LogP contribution in [-0.4, -0.2) is 29.5 Å². The monoisotopic (exact) mass is 234 g/mol. The van der Waals surface area contributed by atoms with Gasteiger partial charge in [-0.3, -0.25) is 9.59 Å². The number of benzene rings is 1. The minimum atomic E-state index is -0.189. The molecule has 1 saturated heterocycles. The second-order valence-corrected chi connectivity index (χ2v) is 4.06. The van der Waals surface area contributed by atoms with Gasteiger partial charge in [0.2, 0.25) is 5.91 Å². The van der Waals surface area contributed by atoms with Crippen LogP contribution in [0.15, 0.2) is 24.3 Å². The first-order valence-electron chi connectivity index (χ1n) is 5.52. The van der Waals surface area contributed by atoms with E-state index >= 15 is 0 Å². The first-order valence-corrected chi connectivity index (χ1v) is 5.52. The van der Waals surface area contributed by atoms with Crippen molar-refractivity contribution >= 4 is 11.8 Å². The molecule has 0 aromatic heterocycles. The van der Waals surface area contributed by atoms with Crippen molar-refractivity contribution in [3.63, 3.8) is 0 Å². The van der Waals surface area contributed by atoms with Gasteiger partial charge in [-0.2, -0.15) is 0 Å². The topological polar surface area (TPSA) is 78.4 Å². The highest BCUT2D eigenvalue weighted by molar-refractivity contribution is 5.94. The second kappa shape index (κ2) is 4.86. The average Bonchev–Trinajstić information content (AvgIpc) is 2.33. The molecule has 1 aliphatic heterocycles. The van der Waals surface area contributed by atoms with Crippen molar-refractivity contribution in [2.75, 3.05) is 6.54 Å². The number of hydrogen-bond acceptors (Lipinski definition) is 3. The van der Waals surface area contributed by atoms with Crippen molar-refractivity contribution in [2.24, 2.45) is 0 Å². The van der Waals surface area contributed by atoms with E-state index in [2.05, 4.69) is 10.6 Å². The number of carbonyl (C=O) groups is 2. The van der Waals surface area contributed by atoms with Crippen molar-refractivity contribution in [2.45, 2.75) is 18.9 Å². The van der Waals surface area contributed by atoms with Gasteiger partial charge in [0.1, 0.15) is 5.75 Å². The van der Waals surface area contributed by atoms with E-state index in [0.29, 0.717) is 24.9 Å². The van der Waals surface area contributed by atoms with Crippen LogP contribution in [0.5, 0.6) is 5.75 Å². The minimum absolute atomic E-state index is 0.0194. The average molecular weight is 234 g/mol. The Labute approximate surface area is 98.8 Å². The Morgan fingerprint density at radius 2 is 2.06 bits per heavy atom. The van der Waals surface area contributed by atoms with Crippen molar-refractivity contribution in [3.8, 4) is 5.75 Å². The fourth-order valence-corrected chi connectivity index (χ4v) is 1.74. The Balaban J connectivity index is 1.93. The summed E-state index contributed by atoms with van der Waals surface area (Å²) in [6.45, 7) is 0.475. The highest BCUT2D eigenvalue weighted by Crippen LogP contribution is 2.10. The number of rotatable bonds is 2. The summed E-state index contributed by atoms with van der Waals surface area (Å²) >= 11 is 0. The van der Waals surface area contributed by atoms with Crippen molar-refractivity contribution in [1.29, 1.82) is 0 Å². The van der Waals surface area contributed by atoms with Gasteiger partial charge in [0.15, 0.2) is 0 Å². The van der Waals surface area contributed by atoms with Crippen LogP contribution in [0.3, 0.4) is 0 Å². The molecule has 1 aromatic carbocycles. The summed E-state index contributed by atoms with van der Waals surface area (Å²) in [7, 11) is 0. The lowest BCUT2D eigenvalue weighted by Crippen LogP contribution is -2.47. The lowest BCUT2D eigenvalue weighted by Gasteiger charge is -2.23. The van der Waals surface area contributed by atoms with Gasteiger partial charge in [-0.05, 0) is 30.7 Å². The summed E-state index contributed by atoms with van der Waals surface area (Å²) in [5.41, 5.74) is 0.500. The van der Waals surface area contributed by atoms with Gasteiger partial charge in [-0.15, -0.1) is 0 Å². The van der Waals surface area contributed by atoms with Crippen molar-refractivity contribution < 1.29 is 14.7 Å². The largest absolute Gasteiger partial charge is 0.508 e. The van der Waals surface area contributed by atoms with Crippen LogP contribution in [0.1, 0.15) is 23.2 Å². The summed E-state index contributed by atoms with van der Waals surface area (Å²) in [5, 5.41) is 14.7. The number of phenols is 1. The molecule has 0 spiro atoms. The first kappa shape index (κ1) is 11.4. The van der Waals surface area contributed by atoms with Crippen LogP contribution in [0.2, 0.25) is 0 Å². The predicted molar refractivity (Wildman–Crippen MR) is 61.6 cm³/mol. The lowest BCUT2D eigenvalue weighted by molar-refractivity contribution is -0.122. The number of aromatic hydroxyl groups is 1. The molecule has 1 aliphatic rings. The number of amides is 2. The molecule has 2 rings (SSSR count). The van der Waals surface area contributed by atoms with E-state index in [-0.39, 0.29) is 23.6 Å². The van der Waals surface area contributed by atoms with E-state index in [1.165, 1.54) is 12.1 Å². The zero-order valence-corrected chi connectivity index (χ0v) is 9.27. The lowest BCUT2D eigenvalue weighted by atomic mass is 10.1. The Bertz CT molecular complexity index is 418. The molecule has 17 heavy (non-hydrogen) atoms. The molecule has 90 valence electrons. The van der Waals surface area contributed by atoms with Crippen LogP contribution >= 0.6 is 0 Å². The summed E-state index contributed by atoms with van der Waals surface area (Å²) in [6.07, 6.45) is 1.11. The third-order valence-electron chi connectivity index (χ3n) is 2.73. The van der Waals surface area contributed by atoms with Gasteiger partial charge >= 0.3 is 0 Å². The van der Waals surface area contributed by atoms with Gasteiger partial charge < -0.3 is 15.7 Å². The van der Waals surface area contributed by atoms with E-state index in [0.717, 1.165) is 0 Å². The van der Waals surface area contributed by atoms with Gasteiger partial charge in [0.25, 0.3) is 5.91 Å². The SMILES string of the molecule is O=C1CCC(NC(=O)c2ccc(O)cc2)CN1. The smallest absolute Gasteiger partial charge is 0.251 e. The number of piperidine rings is 1. The third-order valence-corrected chi connectivity index (χ3v) is 2.73. The first-order chi connectivity index (χ1) is 8.15. The summed E-state index contributed by atoms with van der Waals surface area (Å²) in [5.74, 6) is -0.0299. The molecule has 5 heteroatoms. The fourth-order valence-electron chi connectivity index (χ4n) is 1.74. The van der Waals surface area contributed by atoms with Crippen LogP contribution in [0.25, 0.3) is 0 Å². The molecule has 2 amide bonds. The number of carbonyl (C=O) groups excluding carboxylic acids is 2. The Morgan fingerprint density at radius 1 is 1.35 bits per heavy atom. The molecule has 5 nitrogen and oxygen atoms in total. The number of phenolic OH excluding ortho intramolecular Hbond substituents is 1. The molecule has 1 aromatic rings. The van der Waals surface area contributed by atoms with E-state index in [9.17, 15) is 9.59 Å². The van der Waals surface area contributed by atoms with E-state index < -0.39 is 0 Å². The van der Waals surface area contributed by atoms with Crippen molar-refractivity contribution in [3.05, 3.63) is 29.8 Å². The maximum atomic E-state index is 11.8. The highest BCUT2D eigenvalue weighted by atomic mass is 16.3. The van der Waals surface area contributed by atoms with E-state index in [4.69, 9.17) is 5.11 Å².